The van der Waals surface area contributed by atoms with Crippen LogP contribution in [-0.4, -0.2) is 56.8 Å². The molecule has 0 radical (unpaired) electrons. The number of amides is 1. The molecule has 34 heavy (non-hydrogen) atoms. The van der Waals surface area contributed by atoms with Gasteiger partial charge in [0.15, 0.2) is 11.5 Å². The predicted octanol–water partition coefficient (Wildman–Crippen LogP) is 2.86. The highest BCUT2D eigenvalue weighted by Crippen LogP contribution is 2.38. The molecule has 1 amide bonds. The van der Waals surface area contributed by atoms with Crippen molar-refractivity contribution in [2.75, 3.05) is 31.7 Å². The largest absolute Gasteiger partial charge is 0.454 e. The Bertz CT molecular complexity index is 1440. The smallest absolute Gasteiger partial charge is 0.332 e. The summed E-state index contributed by atoms with van der Waals surface area (Å²) in [6.45, 7) is 2.31. The molecule has 2 aliphatic heterocycles. The van der Waals surface area contributed by atoms with E-state index in [-0.39, 0.29) is 18.4 Å². The maximum absolute atomic E-state index is 13.2. The van der Waals surface area contributed by atoms with Crippen LogP contribution < -0.4 is 20.5 Å². The number of carbonyl (C=O) groups excluding carboxylic acids is 1. The number of anilines is 1. The number of fused-ring (bicyclic) bond motifs is 2. The molecule has 0 spiro atoms. The Balaban J connectivity index is 1.36. The molecule has 0 bridgehead atoms. The van der Waals surface area contributed by atoms with Gasteiger partial charge in [-0.1, -0.05) is 0 Å². The van der Waals surface area contributed by atoms with Gasteiger partial charge in [0, 0.05) is 31.6 Å². The first-order chi connectivity index (χ1) is 16.7. The van der Waals surface area contributed by atoms with E-state index in [9.17, 15) is 9.59 Å². The predicted molar refractivity (Wildman–Crippen MR) is 127 cm³/mol. The topological polar surface area (TPSA) is 117 Å². The van der Waals surface area contributed by atoms with Gasteiger partial charge < -0.3 is 24.7 Å². The van der Waals surface area contributed by atoms with Crippen LogP contribution in [0.15, 0.2) is 47.5 Å². The molecular formula is C24H24N6O4. The molecule has 4 aromatic rings. The summed E-state index contributed by atoms with van der Waals surface area (Å²) in [6.07, 6.45) is 3.97. The Morgan fingerprint density at radius 2 is 2.00 bits per heavy atom. The number of carbonyl (C=O) groups is 1. The van der Waals surface area contributed by atoms with E-state index in [1.807, 2.05) is 41.3 Å². The lowest BCUT2D eigenvalue weighted by molar-refractivity contribution is -0.127. The number of benzene rings is 2. The second-order valence-electron chi connectivity index (χ2n) is 8.43. The third kappa shape index (κ3) is 3.57. The molecule has 1 saturated heterocycles. The van der Waals surface area contributed by atoms with Gasteiger partial charge in [-0.15, -0.1) is 0 Å². The molecule has 2 aromatic carbocycles. The van der Waals surface area contributed by atoms with Gasteiger partial charge in [0.05, 0.1) is 28.7 Å². The van der Waals surface area contributed by atoms with Crippen molar-refractivity contribution in [3.05, 3.63) is 53.2 Å². The number of imidazole rings is 2. The fourth-order valence-electron chi connectivity index (χ4n) is 4.61. The van der Waals surface area contributed by atoms with Crippen molar-refractivity contribution in [2.45, 2.75) is 19.3 Å². The lowest BCUT2D eigenvalue weighted by Gasteiger charge is -2.16. The first-order valence-corrected chi connectivity index (χ1v) is 11.4. The molecule has 10 heteroatoms. The highest BCUT2D eigenvalue weighted by atomic mass is 16.7. The van der Waals surface area contributed by atoms with E-state index in [0.29, 0.717) is 48.2 Å². The summed E-state index contributed by atoms with van der Waals surface area (Å²) in [5, 5.41) is 3.37. The van der Waals surface area contributed by atoms with Gasteiger partial charge >= 0.3 is 5.69 Å². The van der Waals surface area contributed by atoms with Gasteiger partial charge in [-0.05, 0) is 49.2 Å². The Morgan fingerprint density at radius 1 is 1.09 bits per heavy atom. The van der Waals surface area contributed by atoms with Crippen LogP contribution in [0.2, 0.25) is 0 Å². The van der Waals surface area contributed by atoms with Crippen molar-refractivity contribution < 1.29 is 14.3 Å². The molecule has 174 valence electrons. The Labute approximate surface area is 194 Å². The first-order valence-electron chi connectivity index (χ1n) is 11.4. The molecule has 1 fully saturated rings. The lowest BCUT2D eigenvalue weighted by Crippen LogP contribution is -2.27. The van der Waals surface area contributed by atoms with Crippen LogP contribution in [0.25, 0.3) is 28.0 Å². The Hall–Kier alpha value is -4.21. The molecule has 0 aliphatic carbocycles. The molecule has 0 unspecified atom stereocenters. The molecular weight excluding hydrogens is 436 g/mol. The summed E-state index contributed by atoms with van der Waals surface area (Å²) < 4.78 is 12.7. The van der Waals surface area contributed by atoms with E-state index < -0.39 is 0 Å². The average molecular weight is 460 g/mol. The number of aromatic nitrogens is 4. The van der Waals surface area contributed by atoms with Gasteiger partial charge in [-0.3, -0.25) is 14.3 Å². The monoisotopic (exact) mass is 460 g/mol. The highest BCUT2D eigenvalue weighted by Gasteiger charge is 2.22. The van der Waals surface area contributed by atoms with Crippen molar-refractivity contribution in [1.82, 2.24) is 24.4 Å². The first kappa shape index (κ1) is 20.4. The standard InChI is InChI=1S/C24H24N6O4/c31-21-3-1-9-29(21)10-2-8-25-23-22(15-4-7-19-20(11-15)34-14-33-19)30(24(32)28-23)16-5-6-17-18(12-16)27-13-26-17/h4-7,11-13,25H,1-3,8-10,14H2,(H,26,27)(H,28,32). The lowest BCUT2D eigenvalue weighted by atomic mass is 10.1. The maximum Gasteiger partial charge on any atom is 0.332 e. The minimum atomic E-state index is -0.260. The number of H-pyrrole nitrogens is 2. The van der Waals surface area contributed by atoms with Gasteiger partial charge in [-0.2, -0.15) is 0 Å². The van der Waals surface area contributed by atoms with Crippen molar-refractivity contribution in [2.24, 2.45) is 0 Å². The second kappa shape index (κ2) is 8.29. The number of nitrogens with one attached hydrogen (secondary N) is 3. The van der Waals surface area contributed by atoms with Crippen LogP contribution in [0.4, 0.5) is 5.82 Å². The number of nitrogens with zero attached hydrogens (tertiary/aromatic N) is 3. The molecule has 4 heterocycles. The molecule has 0 saturated carbocycles. The number of hydrogen-bond acceptors (Lipinski definition) is 6. The van der Waals surface area contributed by atoms with Crippen LogP contribution in [0.3, 0.4) is 0 Å². The van der Waals surface area contributed by atoms with Crippen LogP contribution >= 0.6 is 0 Å². The second-order valence-corrected chi connectivity index (χ2v) is 8.43. The molecule has 0 atom stereocenters. The molecule has 2 aliphatic rings. The van der Waals surface area contributed by atoms with E-state index in [1.165, 1.54) is 0 Å². The van der Waals surface area contributed by atoms with Gasteiger partial charge in [0.1, 0.15) is 5.82 Å². The van der Waals surface area contributed by atoms with Crippen LogP contribution in [0, 0.1) is 0 Å². The van der Waals surface area contributed by atoms with Crippen molar-refractivity contribution in [1.29, 1.82) is 0 Å². The molecule has 10 nitrogen and oxygen atoms in total. The minimum absolute atomic E-state index is 0.176. The summed E-state index contributed by atoms with van der Waals surface area (Å²) in [5.41, 5.74) is 3.62. The van der Waals surface area contributed by atoms with E-state index in [1.54, 1.807) is 10.9 Å². The summed E-state index contributed by atoms with van der Waals surface area (Å²) in [4.78, 5) is 37.3. The van der Waals surface area contributed by atoms with E-state index in [4.69, 9.17) is 9.47 Å². The Kier molecular flexibility index (Phi) is 4.97. The van der Waals surface area contributed by atoms with Crippen molar-refractivity contribution in [3.8, 4) is 28.4 Å². The molecule has 2 aromatic heterocycles. The number of rotatable bonds is 7. The average Bonchev–Trinajstić information content (AvgIpc) is 3.62. The Morgan fingerprint density at radius 3 is 2.88 bits per heavy atom. The summed E-state index contributed by atoms with van der Waals surface area (Å²) in [6, 6.07) is 11.3. The molecule has 3 N–H and O–H groups in total. The van der Waals surface area contributed by atoms with E-state index >= 15 is 0 Å². The quantitative estimate of drug-likeness (QED) is 0.365. The molecule has 6 rings (SSSR count). The summed E-state index contributed by atoms with van der Waals surface area (Å²) in [7, 11) is 0. The van der Waals surface area contributed by atoms with Crippen molar-refractivity contribution >= 4 is 22.8 Å². The third-order valence-electron chi connectivity index (χ3n) is 6.28. The SMILES string of the molecule is O=C1CCCN1CCCNc1[nH]c(=O)n(-c2ccc3nc[nH]c3c2)c1-c1ccc2c(c1)OCO2. The van der Waals surface area contributed by atoms with E-state index in [0.717, 1.165) is 36.0 Å². The van der Waals surface area contributed by atoms with Gasteiger partial charge in [-0.25, -0.2) is 9.78 Å². The third-order valence-corrected chi connectivity index (χ3v) is 6.28. The van der Waals surface area contributed by atoms with Gasteiger partial charge in [0.25, 0.3) is 0 Å². The minimum Gasteiger partial charge on any atom is -0.454 e. The zero-order valence-electron chi connectivity index (χ0n) is 18.5. The zero-order chi connectivity index (χ0) is 23.1. The number of aromatic amines is 2. The van der Waals surface area contributed by atoms with Crippen LogP contribution in [0.1, 0.15) is 19.3 Å². The number of likely N-dealkylation sites (tertiary alicyclic amines) is 1. The highest BCUT2D eigenvalue weighted by molar-refractivity contribution is 5.80. The fourth-order valence-corrected chi connectivity index (χ4v) is 4.61. The zero-order valence-corrected chi connectivity index (χ0v) is 18.5. The number of ether oxygens (including phenoxy) is 2. The summed E-state index contributed by atoms with van der Waals surface area (Å²) in [5.74, 6) is 2.15. The fraction of sp³-hybridized carbons (Fsp3) is 0.292. The van der Waals surface area contributed by atoms with E-state index in [2.05, 4.69) is 20.3 Å². The van der Waals surface area contributed by atoms with Crippen molar-refractivity contribution in [3.63, 3.8) is 0 Å². The van der Waals surface area contributed by atoms with Crippen LogP contribution in [-0.2, 0) is 4.79 Å². The summed E-state index contributed by atoms with van der Waals surface area (Å²) >= 11 is 0. The normalized spacial score (nSPS) is 14.9. The maximum atomic E-state index is 13.2. The van der Waals surface area contributed by atoms with Crippen LogP contribution in [0.5, 0.6) is 11.5 Å². The number of hydrogen-bond donors (Lipinski definition) is 3. The van der Waals surface area contributed by atoms with Gasteiger partial charge in [0.2, 0.25) is 12.7 Å².